The van der Waals surface area contributed by atoms with Crippen molar-refractivity contribution in [2.45, 2.75) is 26.3 Å². The Balaban J connectivity index is 1.46. The molecule has 146 valence electrons. The molecule has 1 aliphatic rings. The molecule has 0 bridgehead atoms. The van der Waals surface area contributed by atoms with Gasteiger partial charge in [-0.3, -0.25) is 14.4 Å². The Labute approximate surface area is 164 Å². The molecule has 28 heavy (non-hydrogen) atoms. The van der Waals surface area contributed by atoms with Gasteiger partial charge in [0.15, 0.2) is 6.61 Å². The third-order valence-electron chi connectivity index (χ3n) is 4.79. The zero-order valence-corrected chi connectivity index (χ0v) is 15.9. The summed E-state index contributed by atoms with van der Waals surface area (Å²) in [6, 6.07) is 17.2. The number of nitrogens with one attached hydrogen (secondary N) is 1. The summed E-state index contributed by atoms with van der Waals surface area (Å²) in [6.45, 7) is 2.37. The molecule has 0 unspecified atom stereocenters. The van der Waals surface area contributed by atoms with Gasteiger partial charge in [0.05, 0.1) is 5.92 Å². The molecule has 1 aliphatic heterocycles. The molecule has 2 aromatic carbocycles. The number of hydrogen-bond acceptors (Lipinski definition) is 4. The third-order valence-corrected chi connectivity index (χ3v) is 4.79. The lowest BCUT2D eigenvalue weighted by atomic mass is 10.1. The first kappa shape index (κ1) is 19.6. The average Bonchev–Trinajstić information content (AvgIpc) is 3.13. The van der Waals surface area contributed by atoms with Gasteiger partial charge in [-0.1, -0.05) is 49.4 Å². The molecule has 6 nitrogen and oxygen atoms in total. The quantitative estimate of drug-likeness (QED) is 0.749. The Kier molecular flexibility index (Phi) is 6.42. The van der Waals surface area contributed by atoms with E-state index in [0.29, 0.717) is 6.54 Å². The summed E-state index contributed by atoms with van der Waals surface area (Å²) in [6.07, 6.45) is 1.02. The van der Waals surface area contributed by atoms with Crippen LogP contribution in [0.3, 0.4) is 0 Å². The number of nitrogens with zero attached hydrogens (tertiary/aromatic N) is 1. The number of carbonyl (C=O) groups excluding carboxylic acids is 3. The predicted molar refractivity (Wildman–Crippen MR) is 106 cm³/mol. The smallest absolute Gasteiger partial charge is 0.311 e. The second kappa shape index (κ2) is 9.17. The van der Waals surface area contributed by atoms with Crippen molar-refractivity contribution in [2.24, 2.45) is 5.92 Å². The van der Waals surface area contributed by atoms with Gasteiger partial charge >= 0.3 is 5.97 Å². The molecule has 1 atom stereocenters. The van der Waals surface area contributed by atoms with Gasteiger partial charge in [-0.15, -0.1) is 0 Å². The van der Waals surface area contributed by atoms with Crippen molar-refractivity contribution < 1.29 is 19.1 Å². The average molecular weight is 380 g/mol. The lowest BCUT2D eigenvalue weighted by Crippen LogP contribution is -2.31. The van der Waals surface area contributed by atoms with Crippen LogP contribution in [0.25, 0.3) is 0 Å². The van der Waals surface area contributed by atoms with Crippen molar-refractivity contribution in [2.75, 3.05) is 18.1 Å². The van der Waals surface area contributed by atoms with E-state index >= 15 is 0 Å². The molecule has 1 N–H and O–H groups in total. The first-order valence-electron chi connectivity index (χ1n) is 9.43. The minimum absolute atomic E-state index is 0.0972. The van der Waals surface area contributed by atoms with Gasteiger partial charge < -0.3 is 15.0 Å². The number of hydrogen-bond donors (Lipinski definition) is 1. The Morgan fingerprint density at radius 3 is 2.46 bits per heavy atom. The van der Waals surface area contributed by atoms with Crippen molar-refractivity contribution in [1.29, 1.82) is 0 Å². The van der Waals surface area contributed by atoms with Gasteiger partial charge in [0.2, 0.25) is 5.91 Å². The molecule has 1 heterocycles. The van der Waals surface area contributed by atoms with E-state index in [2.05, 4.69) is 12.2 Å². The maximum atomic E-state index is 12.3. The van der Waals surface area contributed by atoms with E-state index in [4.69, 9.17) is 4.74 Å². The maximum Gasteiger partial charge on any atom is 0.311 e. The number of benzene rings is 2. The monoisotopic (exact) mass is 380 g/mol. The summed E-state index contributed by atoms with van der Waals surface area (Å²) in [5.74, 6) is -1.55. The number of ether oxygens (including phenoxy) is 1. The van der Waals surface area contributed by atoms with Crippen LogP contribution in [0.15, 0.2) is 54.6 Å². The van der Waals surface area contributed by atoms with E-state index in [0.717, 1.165) is 17.7 Å². The van der Waals surface area contributed by atoms with E-state index in [1.807, 2.05) is 54.6 Å². The first-order chi connectivity index (χ1) is 13.6. The number of amides is 2. The van der Waals surface area contributed by atoms with Crippen LogP contribution >= 0.6 is 0 Å². The van der Waals surface area contributed by atoms with Gasteiger partial charge in [-0.25, -0.2) is 0 Å². The van der Waals surface area contributed by atoms with Gasteiger partial charge in [0.25, 0.3) is 5.91 Å². The molecule has 0 saturated carbocycles. The summed E-state index contributed by atoms with van der Waals surface area (Å²) in [4.78, 5) is 38.0. The van der Waals surface area contributed by atoms with E-state index < -0.39 is 11.9 Å². The number of rotatable bonds is 7. The summed E-state index contributed by atoms with van der Waals surface area (Å²) < 4.78 is 5.12. The Bertz CT molecular complexity index is 833. The summed E-state index contributed by atoms with van der Waals surface area (Å²) in [5.41, 5.74) is 2.93. The fourth-order valence-corrected chi connectivity index (χ4v) is 3.13. The second-order valence-corrected chi connectivity index (χ2v) is 6.80. The summed E-state index contributed by atoms with van der Waals surface area (Å²) >= 11 is 0. The van der Waals surface area contributed by atoms with E-state index in [1.165, 1.54) is 5.56 Å². The number of carbonyl (C=O) groups is 3. The molecular weight excluding hydrogens is 356 g/mol. The molecule has 2 amide bonds. The largest absolute Gasteiger partial charge is 0.455 e. The van der Waals surface area contributed by atoms with Crippen LogP contribution in [-0.2, 0) is 32.1 Å². The fourth-order valence-electron chi connectivity index (χ4n) is 3.13. The number of aryl methyl sites for hydroxylation is 1. The van der Waals surface area contributed by atoms with Gasteiger partial charge in [-0.2, -0.15) is 0 Å². The summed E-state index contributed by atoms with van der Waals surface area (Å²) in [5, 5.41) is 2.71. The van der Waals surface area contributed by atoms with Crippen LogP contribution in [-0.4, -0.2) is 30.9 Å². The van der Waals surface area contributed by atoms with Crippen LogP contribution in [0.5, 0.6) is 0 Å². The van der Waals surface area contributed by atoms with Crippen LogP contribution < -0.4 is 10.2 Å². The number of anilines is 1. The molecule has 0 aliphatic carbocycles. The minimum atomic E-state index is -0.555. The van der Waals surface area contributed by atoms with Crippen LogP contribution in [0.1, 0.15) is 24.5 Å². The Hall–Kier alpha value is -3.15. The van der Waals surface area contributed by atoms with Gasteiger partial charge in [-0.05, 0) is 29.7 Å². The highest BCUT2D eigenvalue weighted by Gasteiger charge is 2.36. The molecule has 6 heteroatoms. The standard InChI is InChI=1S/C22H24N2O4/c1-2-16-8-10-19(11-9-16)24-14-18(12-21(24)26)22(27)28-15-20(25)23-13-17-6-4-3-5-7-17/h3-11,18H,2,12-15H2,1H3,(H,23,25)/t18-/m0/s1. The topological polar surface area (TPSA) is 75.7 Å². The van der Waals surface area contributed by atoms with Crippen molar-refractivity contribution in [1.82, 2.24) is 5.32 Å². The molecule has 1 fully saturated rings. The first-order valence-corrected chi connectivity index (χ1v) is 9.43. The van der Waals surface area contributed by atoms with E-state index in [1.54, 1.807) is 4.90 Å². The molecule has 0 aromatic heterocycles. The highest BCUT2D eigenvalue weighted by molar-refractivity contribution is 5.99. The molecular formula is C22H24N2O4. The van der Waals surface area contributed by atoms with Crippen molar-refractivity contribution in [3.05, 3.63) is 65.7 Å². The van der Waals surface area contributed by atoms with Crippen molar-refractivity contribution >= 4 is 23.5 Å². The van der Waals surface area contributed by atoms with Gasteiger partial charge in [0, 0.05) is 25.2 Å². The third kappa shape index (κ3) is 4.97. The SMILES string of the molecule is CCc1ccc(N2C[C@@H](C(=O)OCC(=O)NCc3ccccc3)CC2=O)cc1. The predicted octanol–water partition coefficient (Wildman–Crippen LogP) is 2.46. The lowest BCUT2D eigenvalue weighted by Gasteiger charge is -2.17. The van der Waals surface area contributed by atoms with E-state index in [-0.39, 0.29) is 31.4 Å². The summed E-state index contributed by atoms with van der Waals surface area (Å²) in [7, 11) is 0. The molecule has 3 rings (SSSR count). The normalized spacial score (nSPS) is 16.1. The zero-order valence-electron chi connectivity index (χ0n) is 15.9. The molecule has 0 radical (unpaired) electrons. The second-order valence-electron chi connectivity index (χ2n) is 6.80. The van der Waals surface area contributed by atoms with Crippen LogP contribution in [0, 0.1) is 5.92 Å². The highest BCUT2D eigenvalue weighted by atomic mass is 16.5. The number of esters is 1. The minimum Gasteiger partial charge on any atom is -0.455 e. The molecule has 0 spiro atoms. The Morgan fingerprint density at radius 1 is 1.07 bits per heavy atom. The van der Waals surface area contributed by atoms with Crippen molar-refractivity contribution in [3.8, 4) is 0 Å². The lowest BCUT2D eigenvalue weighted by molar-refractivity contribution is -0.152. The fraction of sp³-hybridized carbons (Fsp3) is 0.318. The highest BCUT2D eigenvalue weighted by Crippen LogP contribution is 2.26. The van der Waals surface area contributed by atoms with Crippen LogP contribution in [0.4, 0.5) is 5.69 Å². The zero-order chi connectivity index (χ0) is 19.9. The van der Waals surface area contributed by atoms with Gasteiger partial charge in [0.1, 0.15) is 0 Å². The molecule has 1 saturated heterocycles. The van der Waals surface area contributed by atoms with Crippen molar-refractivity contribution in [3.63, 3.8) is 0 Å². The van der Waals surface area contributed by atoms with E-state index in [9.17, 15) is 14.4 Å². The maximum absolute atomic E-state index is 12.3. The van der Waals surface area contributed by atoms with Crippen LogP contribution in [0.2, 0.25) is 0 Å². The Morgan fingerprint density at radius 2 is 1.79 bits per heavy atom. The molecule has 2 aromatic rings.